The first kappa shape index (κ1) is 14.5. The van der Waals surface area contributed by atoms with E-state index in [1.165, 1.54) is 28.7 Å². The fourth-order valence-corrected chi connectivity index (χ4v) is 3.91. The Kier molecular flexibility index (Phi) is 4.26. The van der Waals surface area contributed by atoms with Crippen molar-refractivity contribution >= 4 is 21.6 Å². The van der Waals surface area contributed by atoms with Crippen LogP contribution in [-0.2, 0) is 13.0 Å². The summed E-state index contributed by atoms with van der Waals surface area (Å²) in [7, 11) is 0. The van der Waals surface area contributed by atoms with Crippen LogP contribution in [0.5, 0.6) is 0 Å². The third-order valence-electron chi connectivity index (χ3n) is 4.19. The Morgan fingerprint density at radius 2 is 2.24 bits per heavy atom. The minimum Gasteiger partial charge on any atom is -0.314 e. The van der Waals surface area contributed by atoms with Gasteiger partial charge in [0, 0.05) is 17.5 Å². The molecule has 114 valence electrons. The molecule has 0 spiro atoms. The van der Waals surface area contributed by atoms with Crippen molar-refractivity contribution in [2.24, 2.45) is 0 Å². The van der Waals surface area contributed by atoms with Crippen LogP contribution in [0.1, 0.15) is 37.5 Å². The smallest absolute Gasteiger partial charge is 0.314 e. The number of H-pyrrole nitrogens is 1. The lowest BCUT2D eigenvalue weighted by Gasteiger charge is -2.23. The summed E-state index contributed by atoms with van der Waals surface area (Å²) < 4.78 is 1.35. The van der Waals surface area contributed by atoms with Crippen LogP contribution in [0.2, 0.25) is 0 Å². The molecule has 3 heterocycles. The van der Waals surface area contributed by atoms with Gasteiger partial charge in [0.1, 0.15) is 4.83 Å². The molecule has 2 N–H and O–H groups in total. The molecule has 21 heavy (non-hydrogen) atoms. The van der Waals surface area contributed by atoms with Gasteiger partial charge in [-0.15, -0.1) is 11.3 Å². The topological polar surface area (TPSA) is 66.9 Å². The van der Waals surface area contributed by atoms with E-state index < -0.39 is 0 Å². The number of nitrogens with zero attached hydrogens (tertiary/aromatic N) is 1. The Hall–Kier alpha value is -1.40. The van der Waals surface area contributed by atoms with Crippen molar-refractivity contribution in [3.63, 3.8) is 0 Å². The molecule has 0 saturated carbocycles. The minimum absolute atomic E-state index is 0.152. The zero-order valence-electron chi connectivity index (χ0n) is 12.3. The highest BCUT2D eigenvalue weighted by atomic mass is 32.1. The van der Waals surface area contributed by atoms with Gasteiger partial charge < -0.3 is 5.32 Å². The van der Waals surface area contributed by atoms with Crippen molar-refractivity contribution in [2.45, 2.75) is 51.6 Å². The molecular weight excluding hydrogens is 286 g/mol. The van der Waals surface area contributed by atoms with E-state index in [9.17, 15) is 9.59 Å². The van der Waals surface area contributed by atoms with Crippen LogP contribution in [0, 0.1) is 0 Å². The van der Waals surface area contributed by atoms with E-state index in [2.05, 4.69) is 17.2 Å². The molecule has 3 rings (SSSR count). The van der Waals surface area contributed by atoms with E-state index in [-0.39, 0.29) is 11.2 Å². The molecule has 1 saturated heterocycles. The quantitative estimate of drug-likeness (QED) is 0.906. The van der Waals surface area contributed by atoms with Crippen LogP contribution in [0.25, 0.3) is 10.2 Å². The highest BCUT2D eigenvalue weighted by Gasteiger charge is 2.15. The second-order valence-electron chi connectivity index (χ2n) is 5.63. The molecule has 1 unspecified atom stereocenters. The van der Waals surface area contributed by atoms with E-state index in [1.54, 1.807) is 0 Å². The summed E-state index contributed by atoms with van der Waals surface area (Å²) in [6, 6.07) is 2.34. The Bertz CT molecular complexity index is 737. The fraction of sp³-hybridized carbons (Fsp3) is 0.600. The first-order chi connectivity index (χ1) is 10.2. The predicted molar refractivity (Wildman–Crippen MR) is 86.3 cm³/mol. The largest absolute Gasteiger partial charge is 0.329 e. The van der Waals surface area contributed by atoms with Crippen molar-refractivity contribution < 1.29 is 0 Å². The average Bonchev–Trinajstić information content (AvgIpc) is 2.91. The molecule has 6 heteroatoms. The van der Waals surface area contributed by atoms with Crippen molar-refractivity contribution in [3.05, 3.63) is 31.8 Å². The highest BCUT2D eigenvalue weighted by molar-refractivity contribution is 7.18. The molecule has 0 amide bonds. The number of hydrogen-bond donors (Lipinski definition) is 2. The van der Waals surface area contributed by atoms with Crippen LogP contribution >= 0.6 is 11.3 Å². The van der Waals surface area contributed by atoms with Gasteiger partial charge in [0.15, 0.2) is 0 Å². The van der Waals surface area contributed by atoms with Gasteiger partial charge in [-0.3, -0.25) is 14.3 Å². The number of piperidine rings is 1. The summed E-state index contributed by atoms with van der Waals surface area (Å²) in [5.41, 5.74) is -0.437. The van der Waals surface area contributed by atoms with Gasteiger partial charge >= 0.3 is 5.69 Å². The molecule has 0 bridgehead atoms. The number of hydrogen-bond acceptors (Lipinski definition) is 4. The number of aromatic nitrogens is 2. The fourth-order valence-electron chi connectivity index (χ4n) is 2.93. The van der Waals surface area contributed by atoms with Gasteiger partial charge in [-0.05, 0) is 38.3 Å². The minimum atomic E-state index is -0.284. The van der Waals surface area contributed by atoms with E-state index in [0.29, 0.717) is 22.8 Å². The molecule has 2 aromatic rings. The zero-order valence-corrected chi connectivity index (χ0v) is 13.1. The van der Waals surface area contributed by atoms with Crippen molar-refractivity contribution in [1.29, 1.82) is 0 Å². The molecule has 1 atom stereocenters. The summed E-state index contributed by atoms with van der Waals surface area (Å²) >= 11 is 1.50. The van der Waals surface area contributed by atoms with Crippen LogP contribution in [0.4, 0.5) is 0 Å². The second kappa shape index (κ2) is 6.15. The number of aryl methyl sites for hydroxylation is 1. The maximum absolute atomic E-state index is 12.5. The summed E-state index contributed by atoms with van der Waals surface area (Å²) in [4.78, 5) is 29.3. The average molecular weight is 307 g/mol. The Balaban J connectivity index is 1.87. The molecule has 1 aliphatic heterocycles. The van der Waals surface area contributed by atoms with Gasteiger partial charge in [-0.25, -0.2) is 4.79 Å². The van der Waals surface area contributed by atoms with Gasteiger partial charge in [-0.2, -0.15) is 0 Å². The normalized spacial score (nSPS) is 19.2. The van der Waals surface area contributed by atoms with E-state index in [1.807, 2.05) is 6.07 Å². The SMILES string of the molecule is CCc1cc2c(=O)n(CCC3CCCCN3)c(=O)[nH]c2s1. The summed E-state index contributed by atoms with van der Waals surface area (Å²) in [5.74, 6) is 0. The number of fused-ring (bicyclic) bond motifs is 1. The Labute approximate surface area is 127 Å². The van der Waals surface area contributed by atoms with Crippen molar-refractivity contribution in [2.75, 3.05) is 6.54 Å². The van der Waals surface area contributed by atoms with Crippen LogP contribution in [0.15, 0.2) is 15.7 Å². The van der Waals surface area contributed by atoms with Crippen LogP contribution in [-0.4, -0.2) is 22.1 Å². The second-order valence-corrected chi connectivity index (χ2v) is 6.77. The van der Waals surface area contributed by atoms with Gasteiger partial charge in [0.25, 0.3) is 5.56 Å². The van der Waals surface area contributed by atoms with Crippen molar-refractivity contribution in [3.8, 4) is 0 Å². The number of nitrogens with one attached hydrogen (secondary N) is 2. The number of aromatic amines is 1. The zero-order chi connectivity index (χ0) is 14.8. The molecular formula is C15H21N3O2S. The first-order valence-corrected chi connectivity index (χ1v) is 8.49. The first-order valence-electron chi connectivity index (χ1n) is 7.68. The third-order valence-corrected chi connectivity index (χ3v) is 5.38. The molecule has 1 aliphatic rings. The lowest BCUT2D eigenvalue weighted by molar-refractivity contribution is 0.363. The molecule has 1 fully saturated rings. The summed E-state index contributed by atoms with van der Waals surface area (Å²) in [5, 5.41) is 4.10. The van der Waals surface area contributed by atoms with Crippen LogP contribution < -0.4 is 16.6 Å². The Morgan fingerprint density at radius 1 is 1.38 bits per heavy atom. The molecule has 0 radical (unpaired) electrons. The molecule has 0 aliphatic carbocycles. The van der Waals surface area contributed by atoms with E-state index in [0.717, 1.165) is 30.7 Å². The lowest BCUT2D eigenvalue weighted by atomic mass is 10.0. The highest BCUT2D eigenvalue weighted by Crippen LogP contribution is 2.20. The third kappa shape index (κ3) is 2.96. The molecule has 5 nitrogen and oxygen atoms in total. The molecule has 0 aromatic carbocycles. The van der Waals surface area contributed by atoms with Crippen molar-refractivity contribution in [1.82, 2.24) is 14.9 Å². The van der Waals surface area contributed by atoms with E-state index >= 15 is 0 Å². The Morgan fingerprint density at radius 3 is 2.95 bits per heavy atom. The predicted octanol–water partition coefficient (Wildman–Crippen LogP) is 1.85. The standard InChI is InChI=1S/C15H21N3O2S/c1-2-11-9-12-13(21-11)17-15(20)18(14(12)19)8-6-10-5-3-4-7-16-10/h9-10,16H,2-8H2,1H3,(H,17,20). The lowest BCUT2D eigenvalue weighted by Crippen LogP contribution is -2.39. The monoisotopic (exact) mass is 307 g/mol. The number of rotatable bonds is 4. The summed E-state index contributed by atoms with van der Waals surface area (Å²) in [6.45, 7) is 3.58. The van der Waals surface area contributed by atoms with Crippen LogP contribution in [0.3, 0.4) is 0 Å². The van der Waals surface area contributed by atoms with Gasteiger partial charge in [0.2, 0.25) is 0 Å². The van der Waals surface area contributed by atoms with Gasteiger partial charge in [-0.1, -0.05) is 13.3 Å². The van der Waals surface area contributed by atoms with Gasteiger partial charge in [0.05, 0.1) is 5.39 Å². The summed E-state index contributed by atoms with van der Waals surface area (Å²) in [6.07, 6.45) is 5.30. The number of thiophene rings is 1. The maximum atomic E-state index is 12.5. The molecule has 2 aromatic heterocycles. The van der Waals surface area contributed by atoms with E-state index in [4.69, 9.17) is 0 Å². The maximum Gasteiger partial charge on any atom is 0.329 e.